The standard InChI is InChI=1S/C33H38F3N5O2/c1-37-26-9-12-41(30(17-26)27-16-25(35)7-8-28(27)36)32(43)39-13-14-40(33(21-39)10-2-3-11-33)20-23-19-38-29(18-31(23)42)22-5-4-6-24(34)15-22/h4-8,15-16,18-19,26,30,37H,2-3,9-14,17,20-21H2,1H3,(H,38,42)/t26-,30+/m1/s1. The third-order valence-corrected chi connectivity index (χ3v) is 9.66. The zero-order chi connectivity index (χ0) is 30.1. The lowest BCUT2D eigenvalue weighted by Crippen LogP contribution is -2.64. The van der Waals surface area contributed by atoms with Crippen molar-refractivity contribution in [3.05, 3.63) is 93.5 Å². The Morgan fingerprint density at radius 1 is 1.02 bits per heavy atom. The molecule has 0 unspecified atom stereocenters. The second-order valence-electron chi connectivity index (χ2n) is 12.2. The van der Waals surface area contributed by atoms with Gasteiger partial charge in [-0.15, -0.1) is 0 Å². The first-order chi connectivity index (χ1) is 20.8. The molecular formula is C33H38F3N5O2. The van der Waals surface area contributed by atoms with Gasteiger partial charge in [-0.25, -0.2) is 18.0 Å². The topological polar surface area (TPSA) is 71.7 Å². The zero-order valence-corrected chi connectivity index (χ0v) is 24.4. The van der Waals surface area contributed by atoms with E-state index in [2.05, 4.69) is 15.2 Å². The molecule has 7 nitrogen and oxygen atoms in total. The summed E-state index contributed by atoms with van der Waals surface area (Å²) >= 11 is 0. The number of benzene rings is 2. The van der Waals surface area contributed by atoms with Gasteiger partial charge in [-0.2, -0.15) is 0 Å². The van der Waals surface area contributed by atoms with Crippen LogP contribution in [0.3, 0.4) is 0 Å². The van der Waals surface area contributed by atoms with Crippen LogP contribution in [0, 0.1) is 17.5 Å². The molecule has 10 heteroatoms. The molecule has 228 valence electrons. The molecule has 3 fully saturated rings. The maximum Gasteiger partial charge on any atom is 0.320 e. The second kappa shape index (κ2) is 12.2. The molecule has 43 heavy (non-hydrogen) atoms. The second-order valence-corrected chi connectivity index (χ2v) is 12.2. The maximum atomic E-state index is 14.9. The Morgan fingerprint density at radius 3 is 2.56 bits per heavy atom. The Bertz CT molecular complexity index is 1540. The number of likely N-dealkylation sites (tertiary alicyclic amines) is 1. The molecule has 2 atom stereocenters. The highest BCUT2D eigenvalue weighted by Crippen LogP contribution is 2.40. The molecule has 1 spiro atoms. The minimum absolute atomic E-state index is 0.0973. The average Bonchev–Trinajstić information content (AvgIpc) is 3.48. The van der Waals surface area contributed by atoms with Crippen LogP contribution in [0.15, 0.2) is 59.5 Å². The van der Waals surface area contributed by atoms with Crippen LogP contribution in [-0.2, 0) is 6.54 Å². The Kier molecular flexibility index (Phi) is 8.33. The number of piperazine rings is 1. The van der Waals surface area contributed by atoms with Gasteiger partial charge in [-0.05, 0) is 63.1 Å². The Hall–Kier alpha value is -3.63. The van der Waals surface area contributed by atoms with Crippen molar-refractivity contribution in [3.8, 4) is 11.3 Å². The summed E-state index contributed by atoms with van der Waals surface area (Å²) in [5, 5.41) is 3.25. The summed E-state index contributed by atoms with van der Waals surface area (Å²) in [4.78, 5) is 36.4. The number of carbonyl (C=O) groups excluding carboxylic acids is 1. The van der Waals surface area contributed by atoms with Crippen molar-refractivity contribution in [1.29, 1.82) is 0 Å². The van der Waals surface area contributed by atoms with Crippen molar-refractivity contribution in [2.45, 2.75) is 62.7 Å². The third-order valence-electron chi connectivity index (χ3n) is 9.66. The number of urea groups is 1. The van der Waals surface area contributed by atoms with Crippen LogP contribution in [-0.4, -0.2) is 70.5 Å². The van der Waals surface area contributed by atoms with Gasteiger partial charge in [0.05, 0.1) is 6.04 Å². The third kappa shape index (κ3) is 5.95. The van der Waals surface area contributed by atoms with E-state index in [-0.39, 0.29) is 34.4 Å². The number of pyridine rings is 1. The van der Waals surface area contributed by atoms with Crippen LogP contribution in [0.25, 0.3) is 11.3 Å². The van der Waals surface area contributed by atoms with Gasteiger partial charge in [0.25, 0.3) is 0 Å². The molecule has 1 saturated carbocycles. The highest BCUT2D eigenvalue weighted by atomic mass is 19.1. The van der Waals surface area contributed by atoms with Crippen LogP contribution in [0.5, 0.6) is 0 Å². The van der Waals surface area contributed by atoms with E-state index in [1.807, 2.05) is 11.9 Å². The van der Waals surface area contributed by atoms with Crippen molar-refractivity contribution in [1.82, 2.24) is 25.0 Å². The van der Waals surface area contributed by atoms with Crippen molar-refractivity contribution < 1.29 is 18.0 Å². The van der Waals surface area contributed by atoms with Crippen LogP contribution < -0.4 is 10.7 Å². The molecule has 3 aliphatic rings. The van der Waals surface area contributed by atoms with E-state index in [1.165, 1.54) is 24.3 Å². The number of halogens is 3. The van der Waals surface area contributed by atoms with Gasteiger partial charge in [0.2, 0.25) is 0 Å². The summed E-state index contributed by atoms with van der Waals surface area (Å²) in [5.41, 5.74) is 1.64. The van der Waals surface area contributed by atoms with Gasteiger partial charge in [0, 0.05) is 79.0 Å². The number of carbonyl (C=O) groups is 1. The molecule has 3 aromatic rings. The van der Waals surface area contributed by atoms with Crippen LogP contribution in [0.1, 0.15) is 55.7 Å². The lowest BCUT2D eigenvalue weighted by Gasteiger charge is -2.51. The van der Waals surface area contributed by atoms with E-state index in [4.69, 9.17) is 0 Å². The number of hydrogen-bond donors (Lipinski definition) is 2. The van der Waals surface area contributed by atoms with Crippen molar-refractivity contribution in [2.24, 2.45) is 0 Å². The molecule has 2 aliphatic heterocycles. The molecule has 2 saturated heterocycles. The summed E-state index contributed by atoms with van der Waals surface area (Å²) < 4.78 is 42.9. The van der Waals surface area contributed by atoms with E-state index in [1.54, 1.807) is 23.2 Å². The lowest BCUT2D eigenvalue weighted by molar-refractivity contribution is -0.00238. The highest BCUT2D eigenvalue weighted by molar-refractivity contribution is 5.75. The molecule has 3 heterocycles. The Balaban J connectivity index is 1.21. The van der Waals surface area contributed by atoms with Crippen LogP contribution >= 0.6 is 0 Å². The Morgan fingerprint density at radius 2 is 1.81 bits per heavy atom. The van der Waals surface area contributed by atoms with E-state index >= 15 is 0 Å². The molecule has 1 aliphatic carbocycles. The van der Waals surface area contributed by atoms with Gasteiger partial charge in [0.1, 0.15) is 17.5 Å². The lowest BCUT2D eigenvalue weighted by atomic mass is 9.90. The smallest absolute Gasteiger partial charge is 0.320 e. The fraction of sp³-hybridized carbons (Fsp3) is 0.455. The molecule has 6 rings (SSSR count). The van der Waals surface area contributed by atoms with Crippen molar-refractivity contribution in [2.75, 3.05) is 33.2 Å². The zero-order valence-electron chi connectivity index (χ0n) is 24.4. The van der Waals surface area contributed by atoms with Gasteiger partial charge in [-0.1, -0.05) is 25.0 Å². The molecule has 2 aromatic carbocycles. The number of nitrogens with one attached hydrogen (secondary N) is 2. The van der Waals surface area contributed by atoms with E-state index in [0.717, 1.165) is 44.2 Å². The van der Waals surface area contributed by atoms with Gasteiger partial charge < -0.3 is 20.1 Å². The summed E-state index contributed by atoms with van der Waals surface area (Å²) in [5.74, 6) is -1.39. The normalized spacial score (nSPS) is 22.3. The number of rotatable bonds is 5. The first kappa shape index (κ1) is 29.4. The number of amides is 2. The Labute approximate surface area is 249 Å². The van der Waals surface area contributed by atoms with Gasteiger partial charge in [0.15, 0.2) is 5.43 Å². The predicted molar refractivity (Wildman–Crippen MR) is 159 cm³/mol. The number of piperidine rings is 1. The number of hydrogen-bond acceptors (Lipinski definition) is 4. The van der Waals surface area contributed by atoms with Crippen molar-refractivity contribution >= 4 is 6.03 Å². The average molecular weight is 594 g/mol. The van der Waals surface area contributed by atoms with Crippen molar-refractivity contribution in [3.63, 3.8) is 0 Å². The number of aromatic nitrogens is 1. The molecule has 0 radical (unpaired) electrons. The number of nitrogens with zero attached hydrogens (tertiary/aromatic N) is 3. The highest BCUT2D eigenvalue weighted by Gasteiger charge is 2.46. The summed E-state index contributed by atoms with van der Waals surface area (Å²) in [7, 11) is 1.85. The summed E-state index contributed by atoms with van der Waals surface area (Å²) in [6, 6.07) is 10.5. The van der Waals surface area contributed by atoms with Crippen LogP contribution in [0.4, 0.5) is 18.0 Å². The fourth-order valence-electron chi connectivity index (χ4n) is 7.29. The molecule has 2 amide bonds. The van der Waals surface area contributed by atoms with E-state index in [0.29, 0.717) is 56.0 Å². The SMILES string of the molecule is CN[C@@H]1CCN(C(=O)N2CCN(Cc3c[nH]c(-c4cccc(F)c4)cc3=O)C3(CCCC3)C2)[C@H](c2cc(F)ccc2F)C1. The minimum atomic E-state index is -0.567. The molecular weight excluding hydrogens is 555 g/mol. The van der Waals surface area contributed by atoms with Gasteiger partial charge in [-0.3, -0.25) is 9.69 Å². The monoisotopic (exact) mass is 593 g/mol. The van der Waals surface area contributed by atoms with E-state index in [9.17, 15) is 22.8 Å². The minimum Gasteiger partial charge on any atom is -0.361 e. The number of aromatic amines is 1. The van der Waals surface area contributed by atoms with E-state index < -0.39 is 17.7 Å². The molecule has 2 N–H and O–H groups in total. The number of H-pyrrole nitrogens is 1. The van der Waals surface area contributed by atoms with Gasteiger partial charge >= 0.3 is 6.03 Å². The summed E-state index contributed by atoms with van der Waals surface area (Å²) in [6.45, 7) is 2.50. The molecule has 0 bridgehead atoms. The first-order valence-electron chi connectivity index (χ1n) is 15.2. The predicted octanol–water partition coefficient (Wildman–Crippen LogP) is 5.43. The quantitative estimate of drug-likeness (QED) is 0.414. The summed E-state index contributed by atoms with van der Waals surface area (Å²) in [6.07, 6.45) is 6.86. The fourth-order valence-corrected chi connectivity index (χ4v) is 7.29. The van der Waals surface area contributed by atoms with Crippen LogP contribution in [0.2, 0.25) is 0 Å². The maximum absolute atomic E-state index is 14.9. The first-order valence-corrected chi connectivity index (χ1v) is 15.2. The largest absolute Gasteiger partial charge is 0.361 e. The molecule has 1 aromatic heterocycles.